The van der Waals surface area contributed by atoms with E-state index >= 15 is 0 Å². The smallest absolute Gasteiger partial charge is 0.258 e. The molecule has 3 aromatic rings. The fourth-order valence-electron chi connectivity index (χ4n) is 2.81. The fourth-order valence-corrected chi connectivity index (χ4v) is 2.81. The van der Waals surface area contributed by atoms with Crippen molar-refractivity contribution < 1.29 is 33.3 Å². The summed E-state index contributed by atoms with van der Waals surface area (Å²) in [4.78, 5) is 12.6. The van der Waals surface area contributed by atoms with Gasteiger partial charge in [0, 0.05) is 11.8 Å². The highest BCUT2D eigenvalue weighted by Gasteiger charge is 2.14. The van der Waals surface area contributed by atoms with Crippen molar-refractivity contribution in [3.8, 4) is 16.9 Å². The van der Waals surface area contributed by atoms with Gasteiger partial charge in [-0.3, -0.25) is 4.79 Å². The summed E-state index contributed by atoms with van der Waals surface area (Å²) >= 11 is 0. The Morgan fingerprint density at radius 1 is 1.00 bits per heavy atom. The maximum atomic E-state index is 14.3. The Morgan fingerprint density at radius 2 is 1.77 bits per heavy atom. The molecule has 0 saturated heterocycles. The maximum absolute atomic E-state index is 14.3. The number of rotatable bonds is 9. The van der Waals surface area contributed by atoms with Gasteiger partial charge in [-0.05, 0) is 47.5 Å². The number of carbonyl (C=O) groups excluding carboxylic acids is 1. The Morgan fingerprint density at radius 3 is 2.55 bits per heavy atom. The van der Waals surface area contributed by atoms with Crippen molar-refractivity contribution in [1.82, 2.24) is 0 Å². The summed E-state index contributed by atoms with van der Waals surface area (Å²) in [6, 6.07) is 16.1. The van der Waals surface area contributed by atoms with Crippen LogP contribution in [0.1, 0.15) is 10.4 Å². The van der Waals surface area contributed by atoms with Gasteiger partial charge in [-0.25, -0.2) is 8.78 Å². The summed E-state index contributed by atoms with van der Waals surface area (Å²) in [5, 5.41) is 20.8. The molecule has 1 atom stereocenters. The zero-order valence-electron chi connectivity index (χ0n) is 16.4. The van der Waals surface area contributed by atoms with Crippen LogP contribution in [0.25, 0.3) is 11.1 Å². The van der Waals surface area contributed by atoms with Gasteiger partial charge < -0.3 is 25.0 Å². The molecule has 1 amide bonds. The van der Waals surface area contributed by atoms with Gasteiger partial charge in [-0.2, -0.15) is 0 Å². The lowest BCUT2D eigenvalue weighted by Gasteiger charge is -2.13. The SMILES string of the molecule is O=C(Nc1cccc(OCC(O)OCCO)c1)c1cc(-c2cccc(F)c2)ccc1F. The van der Waals surface area contributed by atoms with Gasteiger partial charge >= 0.3 is 0 Å². The number of amides is 1. The van der Waals surface area contributed by atoms with Crippen LogP contribution >= 0.6 is 0 Å². The molecule has 0 heterocycles. The summed E-state index contributed by atoms with van der Waals surface area (Å²) in [6.07, 6.45) is -1.22. The minimum absolute atomic E-state index is 0.0269. The van der Waals surface area contributed by atoms with Crippen LogP contribution < -0.4 is 10.1 Å². The molecule has 0 aliphatic carbocycles. The van der Waals surface area contributed by atoms with Crippen molar-refractivity contribution in [2.75, 3.05) is 25.1 Å². The monoisotopic (exact) mass is 429 g/mol. The van der Waals surface area contributed by atoms with Crippen molar-refractivity contribution in [3.05, 3.63) is 83.9 Å². The van der Waals surface area contributed by atoms with Gasteiger partial charge in [0.05, 0.1) is 18.8 Å². The predicted molar refractivity (Wildman–Crippen MR) is 111 cm³/mol. The second-order valence-electron chi connectivity index (χ2n) is 6.55. The minimum Gasteiger partial charge on any atom is -0.488 e. The van der Waals surface area contributed by atoms with Crippen molar-refractivity contribution in [2.24, 2.45) is 0 Å². The van der Waals surface area contributed by atoms with Crippen LogP contribution in [0.5, 0.6) is 5.75 Å². The van der Waals surface area contributed by atoms with Gasteiger partial charge in [0.2, 0.25) is 0 Å². The third kappa shape index (κ3) is 6.32. The lowest BCUT2D eigenvalue weighted by molar-refractivity contribution is -0.125. The van der Waals surface area contributed by atoms with Gasteiger partial charge in [-0.1, -0.05) is 24.3 Å². The zero-order chi connectivity index (χ0) is 22.2. The van der Waals surface area contributed by atoms with Crippen LogP contribution in [0, 0.1) is 11.6 Å². The highest BCUT2D eigenvalue weighted by atomic mass is 19.1. The molecule has 0 fully saturated rings. The van der Waals surface area contributed by atoms with E-state index < -0.39 is 23.8 Å². The van der Waals surface area contributed by atoms with E-state index in [1.54, 1.807) is 24.3 Å². The topological polar surface area (TPSA) is 88.0 Å². The molecule has 0 bridgehead atoms. The van der Waals surface area contributed by atoms with Gasteiger partial charge in [-0.15, -0.1) is 0 Å². The molecular weight excluding hydrogens is 408 g/mol. The van der Waals surface area contributed by atoms with Gasteiger partial charge in [0.1, 0.15) is 24.0 Å². The van der Waals surface area contributed by atoms with Crippen LogP contribution in [0.4, 0.5) is 14.5 Å². The number of aliphatic hydroxyl groups excluding tert-OH is 2. The average molecular weight is 429 g/mol. The van der Waals surface area contributed by atoms with Crippen LogP contribution in [0.2, 0.25) is 0 Å². The first-order valence-corrected chi connectivity index (χ1v) is 9.46. The van der Waals surface area contributed by atoms with Gasteiger partial charge in [0.25, 0.3) is 5.91 Å². The van der Waals surface area contributed by atoms with E-state index in [-0.39, 0.29) is 25.4 Å². The van der Waals surface area contributed by atoms with Crippen LogP contribution in [-0.4, -0.2) is 42.2 Å². The number of hydrogen-bond donors (Lipinski definition) is 3. The van der Waals surface area contributed by atoms with E-state index in [9.17, 15) is 18.7 Å². The standard InChI is InChI=1S/C23H21F2NO5/c24-17-4-1-3-15(11-17)16-7-8-21(25)20(12-16)23(29)26-18-5-2-6-19(13-18)31-14-22(28)30-10-9-27/h1-8,11-13,22,27-28H,9-10,14H2,(H,26,29). The van der Waals surface area contributed by atoms with Crippen molar-refractivity contribution in [1.29, 1.82) is 0 Å². The number of ether oxygens (including phenoxy) is 2. The Kier molecular flexibility index (Phi) is 7.66. The molecule has 0 aromatic heterocycles. The summed E-state index contributed by atoms with van der Waals surface area (Å²) in [6.45, 7) is -0.432. The molecule has 8 heteroatoms. The number of nitrogens with one attached hydrogen (secondary N) is 1. The van der Waals surface area contributed by atoms with Crippen LogP contribution in [0.15, 0.2) is 66.7 Å². The molecule has 3 aromatic carbocycles. The average Bonchev–Trinajstić information content (AvgIpc) is 2.76. The van der Waals surface area contributed by atoms with Crippen molar-refractivity contribution >= 4 is 11.6 Å². The van der Waals surface area contributed by atoms with E-state index in [2.05, 4.69) is 5.32 Å². The molecule has 1 unspecified atom stereocenters. The highest BCUT2D eigenvalue weighted by Crippen LogP contribution is 2.24. The number of hydrogen-bond acceptors (Lipinski definition) is 5. The molecule has 162 valence electrons. The Bertz CT molecular complexity index is 1040. The molecule has 0 aliphatic rings. The van der Waals surface area contributed by atoms with E-state index in [1.807, 2.05) is 0 Å². The number of halogens is 2. The van der Waals surface area contributed by atoms with Crippen LogP contribution in [-0.2, 0) is 4.74 Å². The second kappa shape index (κ2) is 10.6. The van der Waals surface area contributed by atoms with Gasteiger partial charge in [0.15, 0.2) is 6.29 Å². The number of aliphatic hydroxyl groups is 2. The zero-order valence-corrected chi connectivity index (χ0v) is 16.4. The van der Waals surface area contributed by atoms with E-state index in [4.69, 9.17) is 14.6 Å². The maximum Gasteiger partial charge on any atom is 0.258 e. The fraction of sp³-hybridized carbons (Fsp3) is 0.174. The normalized spacial score (nSPS) is 11.7. The first kappa shape index (κ1) is 22.4. The lowest BCUT2D eigenvalue weighted by Crippen LogP contribution is -2.22. The molecule has 0 radical (unpaired) electrons. The van der Waals surface area contributed by atoms with E-state index in [0.29, 0.717) is 22.6 Å². The minimum atomic E-state index is -1.22. The molecule has 0 saturated carbocycles. The third-order valence-corrected chi connectivity index (χ3v) is 4.25. The lowest BCUT2D eigenvalue weighted by atomic mass is 10.0. The largest absolute Gasteiger partial charge is 0.488 e. The number of anilines is 1. The molecule has 0 spiro atoms. The van der Waals surface area contributed by atoms with Crippen molar-refractivity contribution in [2.45, 2.75) is 6.29 Å². The van der Waals surface area contributed by atoms with Crippen LogP contribution in [0.3, 0.4) is 0 Å². The quantitative estimate of drug-likeness (QED) is 0.453. The van der Waals surface area contributed by atoms with E-state index in [1.165, 1.54) is 36.4 Å². The Labute approximate surface area is 177 Å². The van der Waals surface area contributed by atoms with Crippen molar-refractivity contribution in [3.63, 3.8) is 0 Å². The summed E-state index contributed by atoms with van der Waals surface area (Å²) < 4.78 is 38.0. The third-order valence-electron chi connectivity index (χ3n) is 4.25. The first-order chi connectivity index (χ1) is 15.0. The second-order valence-corrected chi connectivity index (χ2v) is 6.55. The molecule has 3 N–H and O–H groups in total. The molecule has 0 aliphatic heterocycles. The van der Waals surface area contributed by atoms with E-state index in [0.717, 1.165) is 6.07 Å². The Hall–Kier alpha value is -3.33. The predicted octanol–water partition coefficient (Wildman–Crippen LogP) is 3.59. The summed E-state index contributed by atoms with van der Waals surface area (Å²) in [5.74, 6) is -1.48. The summed E-state index contributed by atoms with van der Waals surface area (Å²) in [5.41, 5.74) is 1.18. The summed E-state index contributed by atoms with van der Waals surface area (Å²) in [7, 11) is 0. The molecule has 6 nitrogen and oxygen atoms in total. The Balaban J connectivity index is 1.71. The molecule has 31 heavy (non-hydrogen) atoms. The molecule has 3 rings (SSSR count). The number of carbonyl (C=O) groups is 1. The first-order valence-electron chi connectivity index (χ1n) is 9.46. The number of benzene rings is 3. The highest BCUT2D eigenvalue weighted by molar-refractivity contribution is 6.05. The molecular formula is C23H21F2NO5.